The highest BCUT2D eigenvalue weighted by molar-refractivity contribution is 6.08. The molecule has 6 heteroatoms. The molecule has 25 heavy (non-hydrogen) atoms. The third kappa shape index (κ3) is 4.02. The molecule has 2 aromatic rings. The number of halogens is 3. The number of ketones is 1. The summed E-state index contributed by atoms with van der Waals surface area (Å²) >= 11 is 0. The van der Waals surface area contributed by atoms with Crippen molar-refractivity contribution in [2.24, 2.45) is 0 Å². The van der Waals surface area contributed by atoms with Crippen molar-refractivity contribution in [1.29, 1.82) is 0 Å². The van der Waals surface area contributed by atoms with E-state index in [0.717, 1.165) is 12.1 Å². The first-order valence-electron chi connectivity index (χ1n) is 7.39. The lowest BCUT2D eigenvalue weighted by molar-refractivity contribution is -0.137. The zero-order valence-corrected chi connectivity index (χ0v) is 14.0. The van der Waals surface area contributed by atoms with E-state index in [9.17, 15) is 18.0 Å². The summed E-state index contributed by atoms with van der Waals surface area (Å²) in [5.74, 6) is 0.468. The lowest BCUT2D eigenvalue weighted by atomic mass is 10.0. The van der Waals surface area contributed by atoms with Crippen molar-refractivity contribution in [3.05, 3.63) is 64.7 Å². The number of hydrogen-bond donors (Lipinski definition) is 0. The van der Waals surface area contributed by atoms with Crippen molar-refractivity contribution in [2.45, 2.75) is 13.1 Å². The Kier molecular flexibility index (Phi) is 5.51. The van der Waals surface area contributed by atoms with Gasteiger partial charge in [0.25, 0.3) is 0 Å². The first-order valence-corrected chi connectivity index (χ1v) is 7.39. The minimum Gasteiger partial charge on any atom is -0.493 e. The maximum absolute atomic E-state index is 13.0. The fourth-order valence-corrected chi connectivity index (χ4v) is 2.50. The number of rotatable bonds is 5. The molecule has 0 aliphatic carbocycles. The van der Waals surface area contributed by atoms with Crippen LogP contribution in [0, 0.1) is 6.92 Å². The smallest absolute Gasteiger partial charge is 0.416 e. The topological polar surface area (TPSA) is 35.5 Å². The van der Waals surface area contributed by atoms with Gasteiger partial charge in [0.1, 0.15) is 0 Å². The molecule has 2 aromatic carbocycles. The van der Waals surface area contributed by atoms with Gasteiger partial charge in [0.2, 0.25) is 0 Å². The van der Waals surface area contributed by atoms with Crippen LogP contribution in [-0.4, -0.2) is 20.0 Å². The van der Waals surface area contributed by atoms with Crippen LogP contribution in [0.15, 0.2) is 42.5 Å². The van der Waals surface area contributed by atoms with E-state index in [1.807, 2.05) is 0 Å². The SMILES string of the molecule is COc1ccc(C(=O)/C=C/c2ccccc2C(F)(F)F)c(C)c1OC. The minimum absolute atomic E-state index is 0.0681. The van der Waals surface area contributed by atoms with E-state index >= 15 is 0 Å². The van der Waals surface area contributed by atoms with Gasteiger partial charge in [0, 0.05) is 11.1 Å². The lowest BCUT2D eigenvalue weighted by Crippen LogP contribution is -2.07. The van der Waals surface area contributed by atoms with Gasteiger partial charge in [-0.2, -0.15) is 13.2 Å². The Labute approximate surface area is 143 Å². The highest BCUT2D eigenvalue weighted by Crippen LogP contribution is 2.34. The average Bonchev–Trinajstić information content (AvgIpc) is 2.58. The fraction of sp³-hybridized carbons (Fsp3) is 0.211. The van der Waals surface area contributed by atoms with Gasteiger partial charge in [-0.15, -0.1) is 0 Å². The number of benzene rings is 2. The van der Waals surface area contributed by atoms with Crippen LogP contribution < -0.4 is 9.47 Å². The largest absolute Gasteiger partial charge is 0.493 e. The number of hydrogen-bond acceptors (Lipinski definition) is 3. The van der Waals surface area contributed by atoms with E-state index in [2.05, 4.69) is 0 Å². The summed E-state index contributed by atoms with van der Waals surface area (Å²) in [4.78, 5) is 12.4. The summed E-state index contributed by atoms with van der Waals surface area (Å²) in [6, 6.07) is 8.22. The molecular weight excluding hydrogens is 333 g/mol. The van der Waals surface area contributed by atoms with Crippen LogP contribution in [0.25, 0.3) is 6.08 Å². The molecule has 0 atom stereocenters. The van der Waals surface area contributed by atoms with Gasteiger partial charge < -0.3 is 9.47 Å². The highest BCUT2D eigenvalue weighted by Gasteiger charge is 2.32. The molecule has 0 aromatic heterocycles. The zero-order valence-electron chi connectivity index (χ0n) is 14.0. The Morgan fingerprint density at radius 3 is 2.32 bits per heavy atom. The quantitative estimate of drug-likeness (QED) is 0.567. The van der Waals surface area contributed by atoms with Crippen LogP contribution in [-0.2, 0) is 6.18 Å². The Balaban J connectivity index is 2.37. The van der Waals surface area contributed by atoms with E-state index in [0.29, 0.717) is 22.6 Å². The maximum atomic E-state index is 13.0. The molecule has 0 fully saturated rings. The molecule has 0 heterocycles. The summed E-state index contributed by atoms with van der Waals surface area (Å²) in [5, 5.41) is 0. The van der Waals surface area contributed by atoms with Gasteiger partial charge in [-0.1, -0.05) is 24.3 Å². The highest BCUT2D eigenvalue weighted by atomic mass is 19.4. The first-order chi connectivity index (χ1) is 11.8. The molecule has 0 spiro atoms. The van der Waals surface area contributed by atoms with E-state index < -0.39 is 17.5 Å². The zero-order chi connectivity index (χ0) is 18.6. The van der Waals surface area contributed by atoms with Gasteiger partial charge in [-0.05, 0) is 36.8 Å². The molecule has 2 rings (SSSR count). The van der Waals surface area contributed by atoms with E-state index in [4.69, 9.17) is 9.47 Å². The number of carbonyl (C=O) groups excluding carboxylic acids is 1. The Hall–Kier alpha value is -2.76. The normalized spacial score (nSPS) is 11.6. The standard InChI is InChI=1S/C19H17F3O3/c1-12-14(9-11-17(24-2)18(12)25-3)16(23)10-8-13-6-4-5-7-15(13)19(20,21)22/h4-11H,1-3H3/b10-8+. The number of ether oxygens (including phenoxy) is 2. The molecule has 3 nitrogen and oxygen atoms in total. The molecule has 0 saturated heterocycles. The Bertz CT molecular complexity index is 808. The first kappa shape index (κ1) is 18.6. The number of allylic oxidation sites excluding steroid dienone is 1. The Morgan fingerprint density at radius 1 is 1.04 bits per heavy atom. The maximum Gasteiger partial charge on any atom is 0.416 e. The van der Waals surface area contributed by atoms with Gasteiger partial charge in [0.05, 0.1) is 19.8 Å². The summed E-state index contributed by atoms with van der Waals surface area (Å²) < 4.78 is 49.4. The third-order valence-corrected chi connectivity index (χ3v) is 3.74. The average molecular weight is 350 g/mol. The second-order valence-corrected chi connectivity index (χ2v) is 5.26. The predicted molar refractivity (Wildman–Crippen MR) is 89.1 cm³/mol. The van der Waals surface area contributed by atoms with Gasteiger partial charge in [0.15, 0.2) is 17.3 Å². The molecule has 0 unspecified atom stereocenters. The molecule has 132 valence electrons. The van der Waals surface area contributed by atoms with Crippen LogP contribution in [0.2, 0.25) is 0 Å². The van der Waals surface area contributed by atoms with E-state index in [1.54, 1.807) is 19.1 Å². The van der Waals surface area contributed by atoms with Crippen LogP contribution in [0.1, 0.15) is 27.0 Å². The van der Waals surface area contributed by atoms with Crippen LogP contribution in [0.4, 0.5) is 13.2 Å². The summed E-state index contributed by atoms with van der Waals surface area (Å²) in [6.45, 7) is 1.69. The number of methoxy groups -OCH3 is 2. The van der Waals surface area contributed by atoms with Crippen molar-refractivity contribution < 1.29 is 27.4 Å². The van der Waals surface area contributed by atoms with Crippen molar-refractivity contribution in [1.82, 2.24) is 0 Å². The summed E-state index contributed by atoms with van der Waals surface area (Å²) in [5.41, 5.74) is 0.0311. The van der Waals surface area contributed by atoms with Crippen molar-refractivity contribution in [3.63, 3.8) is 0 Å². The molecular formula is C19H17F3O3. The summed E-state index contributed by atoms with van der Waals surface area (Å²) in [7, 11) is 2.93. The van der Waals surface area contributed by atoms with E-state index in [1.165, 1.54) is 38.5 Å². The number of carbonyl (C=O) groups is 1. The van der Waals surface area contributed by atoms with Gasteiger partial charge in [-0.25, -0.2) is 0 Å². The monoisotopic (exact) mass is 350 g/mol. The van der Waals surface area contributed by atoms with Crippen molar-refractivity contribution >= 4 is 11.9 Å². The summed E-state index contributed by atoms with van der Waals surface area (Å²) in [6.07, 6.45) is -2.19. The van der Waals surface area contributed by atoms with E-state index in [-0.39, 0.29) is 5.56 Å². The molecule has 0 saturated carbocycles. The third-order valence-electron chi connectivity index (χ3n) is 3.74. The molecule has 0 aliphatic heterocycles. The molecule has 0 bridgehead atoms. The fourth-order valence-electron chi connectivity index (χ4n) is 2.50. The number of alkyl halides is 3. The van der Waals surface area contributed by atoms with Crippen LogP contribution >= 0.6 is 0 Å². The Morgan fingerprint density at radius 2 is 1.72 bits per heavy atom. The predicted octanol–water partition coefficient (Wildman–Crippen LogP) is 4.93. The second kappa shape index (κ2) is 7.42. The molecule has 0 N–H and O–H groups in total. The molecule has 0 aliphatic rings. The van der Waals surface area contributed by atoms with Crippen LogP contribution in [0.5, 0.6) is 11.5 Å². The lowest BCUT2D eigenvalue weighted by Gasteiger charge is -2.13. The minimum atomic E-state index is -4.48. The molecule has 0 amide bonds. The van der Waals surface area contributed by atoms with Crippen molar-refractivity contribution in [2.75, 3.05) is 14.2 Å². The van der Waals surface area contributed by atoms with Crippen LogP contribution in [0.3, 0.4) is 0 Å². The van der Waals surface area contributed by atoms with Crippen molar-refractivity contribution in [3.8, 4) is 11.5 Å². The molecule has 0 radical (unpaired) electrons. The second-order valence-electron chi connectivity index (χ2n) is 5.26. The van der Waals surface area contributed by atoms with Gasteiger partial charge in [-0.3, -0.25) is 4.79 Å². The van der Waals surface area contributed by atoms with Gasteiger partial charge >= 0.3 is 6.18 Å².